The first-order valence-electron chi connectivity index (χ1n) is 12.3. The minimum atomic E-state index is -0.117. The number of hydrogen-bond donors (Lipinski definition) is 1. The van der Waals surface area contributed by atoms with E-state index in [-0.39, 0.29) is 17.8 Å². The maximum atomic E-state index is 12.0. The lowest BCUT2D eigenvalue weighted by atomic mass is 9.81. The van der Waals surface area contributed by atoms with E-state index in [0.29, 0.717) is 5.82 Å². The van der Waals surface area contributed by atoms with Crippen molar-refractivity contribution in [3.05, 3.63) is 78.9 Å². The number of nitrogen functional groups attached to an aromatic ring is 1. The smallest absolute Gasteiger partial charge is 0.308 e. The van der Waals surface area contributed by atoms with Gasteiger partial charge in [0.15, 0.2) is 0 Å². The third-order valence-electron chi connectivity index (χ3n) is 7.27. The summed E-state index contributed by atoms with van der Waals surface area (Å²) in [4.78, 5) is 26.4. The maximum absolute atomic E-state index is 12.0. The molecule has 180 valence electrons. The SMILES string of the molecule is COC(=O)C1CCC(c2nc(-c3ccc4ccc(-c5ccccc5)nc4c3)c3c(N)nccn23)CC1. The van der Waals surface area contributed by atoms with Crippen molar-refractivity contribution in [1.82, 2.24) is 19.4 Å². The number of fused-ring (bicyclic) bond motifs is 2. The van der Waals surface area contributed by atoms with Gasteiger partial charge in [-0.25, -0.2) is 15.0 Å². The van der Waals surface area contributed by atoms with Gasteiger partial charge < -0.3 is 10.5 Å². The first-order chi connectivity index (χ1) is 17.6. The highest BCUT2D eigenvalue weighted by Crippen LogP contribution is 2.39. The molecule has 0 bridgehead atoms. The fourth-order valence-electron chi connectivity index (χ4n) is 5.36. The second-order valence-electron chi connectivity index (χ2n) is 9.39. The van der Waals surface area contributed by atoms with Crippen LogP contribution in [0.15, 0.2) is 73.1 Å². The number of aromatic nitrogens is 4. The lowest BCUT2D eigenvalue weighted by Crippen LogP contribution is -2.23. The Morgan fingerprint density at radius 3 is 2.53 bits per heavy atom. The Hall–Kier alpha value is -4.26. The average Bonchev–Trinajstić information content (AvgIpc) is 3.33. The van der Waals surface area contributed by atoms with Crippen molar-refractivity contribution in [3.63, 3.8) is 0 Å². The molecule has 1 aliphatic rings. The van der Waals surface area contributed by atoms with Crippen molar-refractivity contribution in [3.8, 4) is 22.5 Å². The summed E-state index contributed by atoms with van der Waals surface area (Å²) in [7, 11) is 1.46. The number of carbonyl (C=O) groups excluding carboxylic acids is 1. The van der Waals surface area contributed by atoms with Gasteiger partial charge in [-0.3, -0.25) is 9.20 Å². The summed E-state index contributed by atoms with van der Waals surface area (Å²) in [6, 6.07) is 20.5. The molecule has 2 N–H and O–H groups in total. The number of nitrogens with two attached hydrogens (primary N) is 1. The standard InChI is InChI=1S/C29H27N5O2/c1-36-29(35)21-10-8-20(9-11-21)28-33-25(26-27(30)31-15-16-34(26)28)22-12-7-19-13-14-23(32-24(19)17-22)18-5-3-2-4-6-18/h2-7,12-17,20-21H,8-11H2,1H3,(H2,30,31). The predicted octanol–water partition coefficient (Wildman–Crippen LogP) is 5.64. The Morgan fingerprint density at radius 2 is 1.75 bits per heavy atom. The fraction of sp³-hybridized carbons (Fsp3) is 0.241. The first kappa shape index (κ1) is 22.2. The Morgan fingerprint density at radius 1 is 0.972 bits per heavy atom. The summed E-state index contributed by atoms with van der Waals surface area (Å²) >= 11 is 0. The predicted molar refractivity (Wildman–Crippen MR) is 140 cm³/mol. The lowest BCUT2D eigenvalue weighted by Gasteiger charge is -2.26. The molecule has 1 saturated carbocycles. The number of esters is 1. The number of carbonyl (C=O) groups is 1. The van der Waals surface area contributed by atoms with Crippen LogP contribution in [0.25, 0.3) is 38.9 Å². The van der Waals surface area contributed by atoms with Crippen LogP contribution in [0.3, 0.4) is 0 Å². The summed E-state index contributed by atoms with van der Waals surface area (Å²) in [5.74, 6) is 1.49. The number of benzene rings is 2. The summed E-state index contributed by atoms with van der Waals surface area (Å²) in [6.45, 7) is 0. The zero-order valence-electron chi connectivity index (χ0n) is 20.1. The van der Waals surface area contributed by atoms with Crippen LogP contribution in [-0.4, -0.2) is 32.4 Å². The van der Waals surface area contributed by atoms with Crippen molar-refractivity contribution in [2.75, 3.05) is 12.8 Å². The summed E-state index contributed by atoms with van der Waals surface area (Å²) in [5.41, 5.74) is 11.9. The lowest BCUT2D eigenvalue weighted by molar-refractivity contribution is -0.146. The van der Waals surface area contributed by atoms with Gasteiger partial charge in [0.05, 0.1) is 24.2 Å². The van der Waals surface area contributed by atoms with E-state index in [9.17, 15) is 4.79 Å². The molecule has 0 aliphatic heterocycles. The molecule has 0 amide bonds. The highest BCUT2D eigenvalue weighted by molar-refractivity contribution is 5.91. The Kier molecular flexibility index (Phi) is 5.60. The van der Waals surface area contributed by atoms with E-state index in [4.69, 9.17) is 20.4 Å². The number of pyridine rings is 1. The molecule has 0 saturated heterocycles. The van der Waals surface area contributed by atoms with Crippen LogP contribution in [0.4, 0.5) is 5.82 Å². The highest BCUT2D eigenvalue weighted by atomic mass is 16.5. The van der Waals surface area contributed by atoms with Crippen LogP contribution in [0.1, 0.15) is 37.4 Å². The van der Waals surface area contributed by atoms with Crippen LogP contribution in [-0.2, 0) is 9.53 Å². The van der Waals surface area contributed by atoms with Gasteiger partial charge in [0.25, 0.3) is 0 Å². The van der Waals surface area contributed by atoms with E-state index in [1.807, 2.05) is 30.5 Å². The first-order valence-corrected chi connectivity index (χ1v) is 12.3. The Balaban J connectivity index is 1.42. The van der Waals surface area contributed by atoms with E-state index in [2.05, 4.69) is 45.8 Å². The Bertz CT molecular complexity index is 1570. The number of rotatable bonds is 4. The Labute approximate surface area is 209 Å². The molecule has 0 atom stereocenters. The van der Waals surface area contributed by atoms with Crippen LogP contribution in [0.2, 0.25) is 0 Å². The maximum Gasteiger partial charge on any atom is 0.308 e. The minimum absolute atomic E-state index is 0.0333. The molecule has 36 heavy (non-hydrogen) atoms. The van der Waals surface area contributed by atoms with Gasteiger partial charge in [-0.05, 0) is 37.8 Å². The summed E-state index contributed by atoms with van der Waals surface area (Å²) < 4.78 is 7.03. The summed E-state index contributed by atoms with van der Waals surface area (Å²) in [5, 5.41) is 1.06. The number of hydrogen-bond acceptors (Lipinski definition) is 6. The zero-order chi connectivity index (χ0) is 24.6. The van der Waals surface area contributed by atoms with Gasteiger partial charge >= 0.3 is 5.97 Å². The van der Waals surface area contributed by atoms with Gasteiger partial charge in [-0.2, -0.15) is 0 Å². The summed E-state index contributed by atoms with van der Waals surface area (Å²) in [6.07, 6.45) is 6.98. The second-order valence-corrected chi connectivity index (χ2v) is 9.39. The topological polar surface area (TPSA) is 95.4 Å². The van der Waals surface area contributed by atoms with E-state index >= 15 is 0 Å². The molecule has 7 heteroatoms. The third kappa shape index (κ3) is 3.86. The van der Waals surface area contributed by atoms with E-state index in [1.165, 1.54) is 7.11 Å². The number of anilines is 1. The quantitative estimate of drug-likeness (QED) is 0.337. The minimum Gasteiger partial charge on any atom is -0.469 e. The van der Waals surface area contributed by atoms with Crippen LogP contribution in [0.5, 0.6) is 0 Å². The molecular weight excluding hydrogens is 450 g/mol. The van der Waals surface area contributed by atoms with Gasteiger partial charge in [-0.15, -0.1) is 0 Å². The number of imidazole rings is 1. The largest absolute Gasteiger partial charge is 0.469 e. The van der Waals surface area contributed by atoms with Crippen LogP contribution < -0.4 is 5.73 Å². The number of methoxy groups -OCH3 is 1. The molecule has 1 fully saturated rings. The second kappa shape index (κ2) is 9.07. The van der Waals surface area contributed by atoms with Crippen molar-refractivity contribution in [2.24, 2.45) is 5.92 Å². The molecular formula is C29H27N5O2. The molecule has 2 aromatic carbocycles. The molecule has 5 aromatic rings. The van der Waals surface area contributed by atoms with E-state index in [1.54, 1.807) is 6.20 Å². The number of ether oxygens (including phenoxy) is 1. The monoisotopic (exact) mass is 477 g/mol. The van der Waals surface area contributed by atoms with Crippen molar-refractivity contribution < 1.29 is 9.53 Å². The van der Waals surface area contributed by atoms with E-state index in [0.717, 1.165) is 70.4 Å². The molecule has 0 radical (unpaired) electrons. The van der Waals surface area contributed by atoms with Crippen molar-refractivity contribution >= 4 is 28.2 Å². The van der Waals surface area contributed by atoms with Crippen molar-refractivity contribution in [2.45, 2.75) is 31.6 Å². The van der Waals surface area contributed by atoms with Gasteiger partial charge in [0.2, 0.25) is 0 Å². The average molecular weight is 478 g/mol. The molecule has 7 nitrogen and oxygen atoms in total. The molecule has 0 spiro atoms. The molecule has 1 aliphatic carbocycles. The van der Waals surface area contributed by atoms with Crippen molar-refractivity contribution in [1.29, 1.82) is 0 Å². The van der Waals surface area contributed by atoms with Crippen LogP contribution in [0, 0.1) is 5.92 Å². The third-order valence-corrected chi connectivity index (χ3v) is 7.27. The molecule has 3 heterocycles. The van der Waals surface area contributed by atoms with Gasteiger partial charge in [0.1, 0.15) is 22.9 Å². The molecule has 0 unspecified atom stereocenters. The van der Waals surface area contributed by atoms with Gasteiger partial charge in [0, 0.05) is 34.8 Å². The zero-order valence-corrected chi connectivity index (χ0v) is 20.1. The van der Waals surface area contributed by atoms with E-state index < -0.39 is 0 Å². The molecule has 3 aromatic heterocycles. The normalized spacial score (nSPS) is 17.9. The highest BCUT2D eigenvalue weighted by Gasteiger charge is 2.31. The van der Waals surface area contributed by atoms with Gasteiger partial charge in [-0.1, -0.05) is 48.5 Å². The van der Waals surface area contributed by atoms with Crippen LogP contribution >= 0.6 is 0 Å². The molecule has 6 rings (SSSR count). The fourth-order valence-corrected chi connectivity index (χ4v) is 5.36. The number of nitrogens with zero attached hydrogens (tertiary/aromatic N) is 4.